The SMILES string of the molecule is C=C[C@H](C)[C@H](O)C1CCCCC1. The van der Waals surface area contributed by atoms with E-state index < -0.39 is 0 Å². The molecule has 1 saturated carbocycles. The van der Waals surface area contributed by atoms with E-state index in [1.54, 1.807) is 0 Å². The van der Waals surface area contributed by atoms with Crippen LogP contribution in [0.2, 0.25) is 0 Å². The van der Waals surface area contributed by atoms with Crippen molar-refractivity contribution in [1.82, 2.24) is 0 Å². The van der Waals surface area contributed by atoms with Crippen LogP contribution >= 0.6 is 0 Å². The summed E-state index contributed by atoms with van der Waals surface area (Å²) in [5, 5.41) is 9.87. The summed E-state index contributed by atoms with van der Waals surface area (Å²) in [6, 6.07) is 0. The van der Waals surface area contributed by atoms with Crippen LogP contribution in [-0.4, -0.2) is 11.2 Å². The third kappa shape index (κ3) is 2.34. The molecule has 0 heterocycles. The van der Waals surface area contributed by atoms with Gasteiger partial charge in [0.1, 0.15) is 0 Å². The Morgan fingerprint density at radius 1 is 1.33 bits per heavy atom. The molecule has 0 aromatic carbocycles. The summed E-state index contributed by atoms with van der Waals surface area (Å²) < 4.78 is 0. The Balaban J connectivity index is 2.38. The zero-order valence-electron chi connectivity index (χ0n) is 8.00. The average molecular weight is 168 g/mol. The molecule has 0 amide bonds. The molecule has 0 aromatic rings. The summed E-state index contributed by atoms with van der Waals surface area (Å²) >= 11 is 0. The highest BCUT2D eigenvalue weighted by molar-refractivity contribution is 4.86. The van der Waals surface area contributed by atoms with Crippen molar-refractivity contribution in [2.24, 2.45) is 11.8 Å². The number of rotatable bonds is 3. The first kappa shape index (κ1) is 9.79. The van der Waals surface area contributed by atoms with Crippen molar-refractivity contribution >= 4 is 0 Å². The predicted octanol–water partition coefficient (Wildman–Crippen LogP) is 2.75. The molecule has 0 unspecified atom stereocenters. The molecule has 12 heavy (non-hydrogen) atoms. The van der Waals surface area contributed by atoms with Crippen molar-refractivity contribution < 1.29 is 5.11 Å². The maximum absolute atomic E-state index is 9.87. The van der Waals surface area contributed by atoms with Gasteiger partial charge in [0.15, 0.2) is 0 Å². The van der Waals surface area contributed by atoms with E-state index in [9.17, 15) is 5.11 Å². The average Bonchev–Trinajstić information content (AvgIpc) is 2.17. The van der Waals surface area contributed by atoms with Crippen molar-refractivity contribution in [3.63, 3.8) is 0 Å². The second-order valence-corrected chi connectivity index (χ2v) is 3.98. The third-order valence-corrected chi connectivity index (χ3v) is 3.04. The third-order valence-electron chi connectivity index (χ3n) is 3.04. The molecule has 1 fully saturated rings. The van der Waals surface area contributed by atoms with E-state index in [4.69, 9.17) is 0 Å². The highest BCUT2D eigenvalue weighted by Gasteiger charge is 2.24. The summed E-state index contributed by atoms with van der Waals surface area (Å²) in [6.07, 6.45) is 8.07. The van der Waals surface area contributed by atoms with Gasteiger partial charge in [-0.15, -0.1) is 6.58 Å². The van der Waals surface area contributed by atoms with Gasteiger partial charge in [-0.05, 0) is 24.7 Å². The zero-order chi connectivity index (χ0) is 8.97. The van der Waals surface area contributed by atoms with Crippen LogP contribution in [0.1, 0.15) is 39.0 Å². The van der Waals surface area contributed by atoms with Crippen molar-refractivity contribution in [1.29, 1.82) is 0 Å². The van der Waals surface area contributed by atoms with E-state index in [1.165, 1.54) is 32.1 Å². The lowest BCUT2D eigenvalue weighted by Crippen LogP contribution is -2.28. The van der Waals surface area contributed by atoms with E-state index in [-0.39, 0.29) is 12.0 Å². The second kappa shape index (κ2) is 4.66. The van der Waals surface area contributed by atoms with Crippen LogP contribution in [0.4, 0.5) is 0 Å². The van der Waals surface area contributed by atoms with Crippen molar-refractivity contribution in [2.45, 2.75) is 45.1 Å². The minimum atomic E-state index is -0.150. The smallest absolute Gasteiger partial charge is 0.0628 e. The molecule has 1 heteroatoms. The molecule has 2 atom stereocenters. The fourth-order valence-corrected chi connectivity index (χ4v) is 2.04. The van der Waals surface area contributed by atoms with E-state index in [0.29, 0.717) is 5.92 Å². The Kier molecular flexibility index (Phi) is 3.80. The highest BCUT2D eigenvalue weighted by atomic mass is 16.3. The molecule has 0 radical (unpaired) electrons. The van der Waals surface area contributed by atoms with Crippen LogP contribution in [0.3, 0.4) is 0 Å². The summed E-state index contributed by atoms with van der Waals surface area (Å²) in [7, 11) is 0. The molecule has 1 aliphatic carbocycles. The zero-order valence-corrected chi connectivity index (χ0v) is 8.00. The Morgan fingerprint density at radius 2 is 1.92 bits per heavy atom. The van der Waals surface area contributed by atoms with Crippen LogP contribution in [0.25, 0.3) is 0 Å². The second-order valence-electron chi connectivity index (χ2n) is 3.98. The summed E-state index contributed by atoms with van der Waals surface area (Å²) in [4.78, 5) is 0. The van der Waals surface area contributed by atoms with Crippen LogP contribution in [-0.2, 0) is 0 Å². The van der Waals surface area contributed by atoms with Gasteiger partial charge in [0.05, 0.1) is 6.10 Å². The Bertz CT molecular complexity index is 136. The maximum atomic E-state index is 9.87. The first-order valence-corrected chi connectivity index (χ1v) is 5.06. The van der Waals surface area contributed by atoms with Crippen molar-refractivity contribution in [3.05, 3.63) is 12.7 Å². The molecule has 0 saturated heterocycles. The Labute approximate surface area is 75.5 Å². The van der Waals surface area contributed by atoms with Gasteiger partial charge >= 0.3 is 0 Å². The molecular formula is C11H20O. The number of hydrogen-bond donors (Lipinski definition) is 1. The number of aliphatic hydroxyl groups is 1. The number of hydrogen-bond acceptors (Lipinski definition) is 1. The first-order chi connectivity index (χ1) is 5.75. The molecule has 70 valence electrons. The van der Waals surface area contributed by atoms with Gasteiger partial charge in [-0.3, -0.25) is 0 Å². The van der Waals surface area contributed by atoms with E-state index in [1.807, 2.05) is 13.0 Å². The van der Waals surface area contributed by atoms with Gasteiger partial charge in [0.25, 0.3) is 0 Å². The van der Waals surface area contributed by atoms with Gasteiger partial charge in [-0.1, -0.05) is 32.3 Å². The van der Waals surface area contributed by atoms with Gasteiger partial charge in [-0.25, -0.2) is 0 Å². The highest BCUT2D eigenvalue weighted by Crippen LogP contribution is 2.29. The standard InChI is InChI=1S/C11H20O/c1-3-9(2)11(12)10-7-5-4-6-8-10/h3,9-12H,1,4-8H2,2H3/t9-,11-/m0/s1. The Morgan fingerprint density at radius 3 is 2.42 bits per heavy atom. The normalized spacial score (nSPS) is 24.8. The minimum absolute atomic E-state index is 0.150. The summed E-state index contributed by atoms with van der Waals surface area (Å²) in [6.45, 7) is 5.76. The number of aliphatic hydroxyl groups excluding tert-OH is 1. The van der Waals surface area contributed by atoms with Crippen LogP contribution in [0.15, 0.2) is 12.7 Å². The van der Waals surface area contributed by atoms with Crippen LogP contribution in [0.5, 0.6) is 0 Å². The molecule has 0 aliphatic heterocycles. The van der Waals surface area contributed by atoms with Gasteiger partial charge in [0.2, 0.25) is 0 Å². The van der Waals surface area contributed by atoms with Crippen LogP contribution < -0.4 is 0 Å². The molecule has 1 nitrogen and oxygen atoms in total. The lowest BCUT2D eigenvalue weighted by molar-refractivity contribution is 0.0558. The largest absolute Gasteiger partial charge is 0.392 e. The molecule has 1 aliphatic rings. The molecular weight excluding hydrogens is 148 g/mol. The van der Waals surface area contributed by atoms with E-state index >= 15 is 0 Å². The minimum Gasteiger partial charge on any atom is -0.392 e. The van der Waals surface area contributed by atoms with Crippen LogP contribution in [0, 0.1) is 11.8 Å². The topological polar surface area (TPSA) is 20.2 Å². The fourth-order valence-electron chi connectivity index (χ4n) is 2.04. The monoisotopic (exact) mass is 168 g/mol. The molecule has 0 bridgehead atoms. The van der Waals surface area contributed by atoms with Crippen molar-refractivity contribution in [3.8, 4) is 0 Å². The summed E-state index contributed by atoms with van der Waals surface area (Å²) in [5.74, 6) is 0.792. The molecule has 1 rings (SSSR count). The quantitative estimate of drug-likeness (QED) is 0.642. The van der Waals surface area contributed by atoms with E-state index in [2.05, 4.69) is 6.58 Å². The predicted molar refractivity (Wildman–Crippen MR) is 51.9 cm³/mol. The first-order valence-electron chi connectivity index (χ1n) is 5.06. The van der Waals surface area contributed by atoms with Gasteiger partial charge in [-0.2, -0.15) is 0 Å². The fraction of sp³-hybridized carbons (Fsp3) is 0.818. The summed E-state index contributed by atoms with van der Waals surface area (Å²) in [5.41, 5.74) is 0. The lowest BCUT2D eigenvalue weighted by atomic mass is 9.81. The molecule has 1 N–H and O–H groups in total. The lowest BCUT2D eigenvalue weighted by Gasteiger charge is -2.29. The van der Waals surface area contributed by atoms with E-state index in [0.717, 1.165) is 0 Å². The van der Waals surface area contributed by atoms with Gasteiger partial charge < -0.3 is 5.11 Å². The maximum Gasteiger partial charge on any atom is 0.0628 e. The Hall–Kier alpha value is -0.300. The molecule has 0 spiro atoms. The van der Waals surface area contributed by atoms with Crippen molar-refractivity contribution in [2.75, 3.05) is 0 Å². The van der Waals surface area contributed by atoms with Gasteiger partial charge in [0, 0.05) is 0 Å². The molecule has 0 aromatic heterocycles.